The average molecular weight is 410 g/mol. The Hall–Kier alpha value is -0.520. The number of amides is 1. The van der Waals surface area contributed by atoms with Gasteiger partial charge in [-0.05, 0) is 63.0 Å². The van der Waals surface area contributed by atoms with Crippen LogP contribution >= 0.6 is 11.8 Å². The first-order chi connectivity index (χ1) is 13.7. The second-order valence-electron chi connectivity index (χ2n) is 8.80. The number of hydrogen-bond donors (Lipinski definition) is 0. The Morgan fingerprint density at radius 3 is 2.61 bits per heavy atom. The Morgan fingerprint density at radius 2 is 1.93 bits per heavy atom. The van der Waals surface area contributed by atoms with Gasteiger partial charge in [-0.25, -0.2) is 0 Å². The summed E-state index contributed by atoms with van der Waals surface area (Å²) in [6.07, 6.45) is 15.0. The van der Waals surface area contributed by atoms with Crippen LogP contribution in [0, 0.1) is 5.92 Å². The van der Waals surface area contributed by atoms with Gasteiger partial charge >= 0.3 is 0 Å². The standard InChI is InChI=1S/C23H39NO3S/c1-3-8-18-12-13-21(22(15-18)26-2)27-17-23(25)24(16-20-11-7-14-28-20)19-9-5-4-6-10-19/h3,18-22H,1,4-17H2,2H3. The van der Waals surface area contributed by atoms with E-state index in [-0.39, 0.29) is 24.7 Å². The van der Waals surface area contributed by atoms with Crippen LogP contribution in [0.25, 0.3) is 0 Å². The van der Waals surface area contributed by atoms with Gasteiger partial charge in [0, 0.05) is 24.9 Å². The zero-order chi connectivity index (χ0) is 19.8. The number of carbonyl (C=O) groups excluding carboxylic acids is 1. The fourth-order valence-corrected chi connectivity index (χ4v) is 6.45. The highest BCUT2D eigenvalue weighted by Crippen LogP contribution is 2.32. The van der Waals surface area contributed by atoms with Crippen molar-refractivity contribution in [2.75, 3.05) is 26.0 Å². The average Bonchev–Trinajstić information content (AvgIpc) is 3.25. The zero-order valence-corrected chi connectivity index (χ0v) is 18.5. The lowest BCUT2D eigenvalue weighted by atomic mass is 9.83. The molecule has 2 saturated carbocycles. The molecule has 1 aliphatic heterocycles. The number of rotatable bonds is 9. The molecule has 0 spiro atoms. The summed E-state index contributed by atoms with van der Waals surface area (Å²) < 4.78 is 11.9. The van der Waals surface area contributed by atoms with Gasteiger partial charge in [-0.3, -0.25) is 4.79 Å². The highest BCUT2D eigenvalue weighted by Gasteiger charge is 2.33. The van der Waals surface area contributed by atoms with Gasteiger partial charge in [0.05, 0.1) is 12.2 Å². The monoisotopic (exact) mass is 409 g/mol. The maximum absolute atomic E-state index is 13.2. The quantitative estimate of drug-likeness (QED) is 0.512. The highest BCUT2D eigenvalue weighted by atomic mass is 32.2. The molecule has 0 N–H and O–H groups in total. The van der Waals surface area contributed by atoms with Crippen LogP contribution in [0.4, 0.5) is 0 Å². The zero-order valence-electron chi connectivity index (χ0n) is 17.7. The van der Waals surface area contributed by atoms with Crippen LogP contribution in [0.1, 0.15) is 70.6 Å². The normalized spacial score (nSPS) is 31.6. The van der Waals surface area contributed by atoms with Crippen LogP contribution < -0.4 is 0 Å². The van der Waals surface area contributed by atoms with E-state index in [4.69, 9.17) is 9.47 Å². The van der Waals surface area contributed by atoms with Gasteiger partial charge in [0.15, 0.2) is 0 Å². The summed E-state index contributed by atoms with van der Waals surface area (Å²) in [5.74, 6) is 2.08. The van der Waals surface area contributed by atoms with Crippen molar-refractivity contribution in [3.63, 3.8) is 0 Å². The van der Waals surface area contributed by atoms with Crippen molar-refractivity contribution in [2.24, 2.45) is 5.92 Å². The maximum Gasteiger partial charge on any atom is 0.248 e. The van der Waals surface area contributed by atoms with Crippen LogP contribution in [0.3, 0.4) is 0 Å². The van der Waals surface area contributed by atoms with Crippen LogP contribution in [0.2, 0.25) is 0 Å². The molecule has 0 bridgehead atoms. The minimum Gasteiger partial charge on any atom is -0.379 e. The Morgan fingerprint density at radius 1 is 1.11 bits per heavy atom. The predicted octanol–water partition coefficient (Wildman–Crippen LogP) is 4.82. The maximum atomic E-state index is 13.2. The van der Waals surface area contributed by atoms with E-state index in [0.29, 0.717) is 17.2 Å². The van der Waals surface area contributed by atoms with E-state index in [1.54, 1.807) is 7.11 Å². The third-order valence-electron chi connectivity index (χ3n) is 6.82. The molecule has 0 aromatic heterocycles. The number of methoxy groups -OCH3 is 1. The number of nitrogens with zero attached hydrogens (tertiary/aromatic N) is 1. The van der Waals surface area contributed by atoms with Crippen molar-refractivity contribution < 1.29 is 14.3 Å². The van der Waals surface area contributed by atoms with Gasteiger partial charge in [0.25, 0.3) is 0 Å². The van der Waals surface area contributed by atoms with Crippen molar-refractivity contribution in [2.45, 2.75) is 94.1 Å². The Bertz CT molecular complexity index is 488. The fourth-order valence-electron chi connectivity index (χ4n) is 5.19. The van der Waals surface area contributed by atoms with Crippen molar-refractivity contribution in [3.05, 3.63) is 12.7 Å². The molecule has 1 amide bonds. The number of allylic oxidation sites excluding steroid dienone is 1. The van der Waals surface area contributed by atoms with Gasteiger partial charge < -0.3 is 14.4 Å². The third kappa shape index (κ3) is 6.24. The van der Waals surface area contributed by atoms with Crippen LogP contribution in [-0.2, 0) is 14.3 Å². The lowest BCUT2D eigenvalue weighted by Gasteiger charge is -2.38. The van der Waals surface area contributed by atoms with Crippen molar-refractivity contribution in [3.8, 4) is 0 Å². The van der Waals surface area contributed by atoms with Gasteiger partial charge in [-0.1, -0.05) is 25.3 Å². The van der Waals surface area contributed by atoms with Gasteiger partial charge in [0.1, 0.15) is 6.61 Å². The molecule has 28 heavy (non-hydrogen) atoms. The molecule has 4 atom stereocenters. The SMILES string of the molecule is C=CCC1CCC(OCC(=O)N(CC2CCCS2)C2CCCCC2)C(OC)C1. The van der Waals surface area contributed by atoms with Crippen molar-refractivity contribution in [1.29, 1.82) is 0 Å². The summed E-state index contributed by atoms with van der Waals surface area (Å²) in [6, 6.07) is 0.424. The Kier molecular flexibility index (Phi) is 9.19. The van der Waals surface area contributed by atoms with Crippen molar-refractivity contribution in [1.82, 2.24) is 4.90 Å². The molecule has 3 aliphatic rings. The second-order valence-corrected chi connectivity index (χ2v) is 10.2. The molecule has 0 radical (unpaired) electrons. The van der Waals surface area contributed by atoms with E-state index in [0.717, 1.165) is 45.1 Å². The first-order valence-corrected chi connectivity index (χ1v) is 12.4. The van der Waals surface area contributed by atoms with E-state index in [9.17, 15) is 4.79 Å². The van der Waals surface area contributed by atoms with Gasteiger partial charge in [-0.2, -0.15) is 11.8 Å². The minimum atomic E-state index is 0.0454. The minimum absolute atomic E-state index is 0.0454. The molecule has 160 valence electrons. The summed E-state index contributed by atoms with van der Waals surface area (Å²) in [5, 5.41) is 0.618. The van der Waals surface area contributed by atoms with Crippen LogP contribution in [-0.4, -0.2) is 60.3 Å². The molecule has 1 saturated heterocycles. The number of carbonyl (C=O) groups is 1. The molecular formula is C23H39NO3S. The predicted molar refractivity (Wildman–Crippen MR) is 117 cm³/mol. The number of ether oxygens (including phenoxy) is 2. The molecule has 3 fully saturated rings. The molecular weight excluding hydrogens is 370 g/mol. The van der Waals surface area contributed by atoms with E-state index >= 15 is 0 Å². The molecule has 5 heteroatoms. The smallest absolute Gasteiger partial charge is 0.248 e. The van der Waals surface area contributed by atoms with E-state index in [2.05, 4.69) is 11.5 Å². The van der Waals surface area contributed by atoms with Crippen LogP contribution in [0.5, 0.6) is 0 Å². The summed E-state index contributed by atoms with van der Waals surface area (Å²) in [5.41, 5.74) is 0. The van der Waals surface area contributed by atoms with E-state index in [1.807, 2.05) is 17.8 Å². The molecule has 0 aromatic rings. The molecule has 1 heterocycles. The first kappa shape index (κ1) is 22.2. The third-order valence-corrected chi connectivity index (χ3v) is 8.20. The fraction of sp³-hybridized carbons (Fsp3) is 0.870. The summed E-state index contributed by atoms with van der Waals surface area (Å²) in [7, 11) is 1.77. The number of hydrogen-bond acceptors (Lipinski definition) is 4. The molecule has 3 rings (SSSR count). The van der Waals surface area contributed by atoms with E-state index in [1.165, 1.54) is 37.9 Å². The van der Waals surface area contributed by atoms with E-state index < -0.39 is 0 Å². The summed E-state index contributed by atoms with van der Waals surface area (Å²) in [6.45, 7) is 4.99. The summed E-state index contributed by atoms with van der Waals surface area (Å²) in [4.78, 5) is 15.4. The molecule has 2 aliphatic carbocycles. The Labute approximate surface area is 175 Å². The molecule has 4 nitrogen and oxygen atoms in total. The van der Waals surface area contributed by atoms with Gasteiger partial charge in [-0.15, -0.1) is 6.58 Å². The topological polar surface area (TPSA) is 38.8 Å². The molecule has 4 unspecified atom stereocenters. The first-order valence-electron chi connectivity index (χ1n) is 11.4. The number of thioether (sulfide) groups is 1. The van der Waals surface area contributed by atoms with Crippen LogP contribution in [0.15, 0.2) is 12.7 Å². The van der Waals surface area contributed by atoms with Gasteiger partial charge in [0.2, 0.25) is 5.91 Å². The highest BCUT2D eigenvalue weighted by molar-refractivity contribution is 8.00. The van der Waals surface area contributed by atoms with Crippen molar-refractivity contribution >= 4 is 17.7 Å². The summed E-state index contributed by atoms with van der Waals surface area (Å²) >= 11 is 2.04. The largest absolute Gasteiger partial charge is 0.379 e. The Balaban J connectivity index is 1.54. The second kappa shape index (κ2) is 11.6. The molecule has 0 aromatic carbocycles. The lowest BCUT2D eigenvalue weighted by Crippen LogP contribution is -2.47. The lowest BCUT2D eigenvalue weighted by molar-refractivity contribution is -0.147.